The Hall–Kier alpha value is -6.54. The second-order valence-electron chi connectivity index (χ2n) is 19.7. The molecule has 0 aliphatic heterocycles. The average Bonchev–Trinajstić information content (AvgIpc) is 3.35. The number of hydrogen-bond acceptors (Lipinski definition) is 14. The highest BCUT2D eigenvalue weighted by Gasteiger charge is 2.37. The summed E-state index contributed by atoms with van der Waals surface area (Å²) in [6.07, 6.45) is 1.60. The molecule has 0 spiro atoms. The van der Waals surface area contributed by atoms with E-state index in [0.717, 1.165) is 11.8 Å². The zero-order chi connectivity index (χ0) is 57.7. The number of nitrogens with zero attached hydrogens (tertiary/aromatic N) is 1. The van der Waals surface area contributed by atoms with Crippen molar-refractivity contribution in [2.75, 3.05) is 19.6 Å². The number of rotatable bonds is 37. The first-order valence-corrected chi connectivity index (χ1v) is 26.8. The molecule has 0 fully saturated rings. The summed E-state index contributed by atoms with van der Waals surface area (Å²) in [7, 11) is 0. The number of aliphatic imine (C=N–C) groups is 1. The fourth-order valence-electron chi connectivity index (χ4n) is 7.42. The molecule has 0 saturated heterocycles. The monoisotopic (exact) mass is 1090 g/mol. The van der Waals surface area contributed by atoms with E-state index in [0.29, 0.717) is 37.1 Å². The van der Waals surface area contributed by atoms with E-state index in [4.69, 9.17) is 28.7 Å². The number of unbranched alkanes of at least 4 members (excludes halogenated alkanes) is 1. The van der Waals surface area contributed by atoms with Crippen LogP contribution in [0.4, 0.5) is 0 Å². The number of carbonyl (C=O) groups excluding carboxylic acids is 9. The van der Waals surface area contributed by atoms with Crippen LogP contribution in [0, 0.1) is 23.7 Å². The first-order valence-electron chi connectivity index (χ1n) is 25.9. The van der Waals surface area contributed by atoms with Crippen molar-refractivity contribution in [2.45, 2.75) is 172 Å². The van der Waals surface area contributed by atoms with Gasteiger partial charge in [0.1, 0.15) is 36.3 Å². The fraction of sp³-hybridized carbons (Fsp3) is 0.660. The topological polar surface area (TPSA) is 430 Å². The smallest absolute Gasteiger partial charge is 0.305 e. The Balaban J connectivity index is 3.60. The van der Waals surface area contributed by atoms with Gasteiger partial charge in [-0.2, -0.15) is 0 Å². The van der Waals surface area contributed by atoms with Gasteiger partial charge < -0.3 is 76.3 Å². The number of benzene rings is 1. The van der Waals surface area contributed by atoms with Crippen LogP contribution in [0.2, 0.25) is 0 Å². The van der Waals surface area contributed by atoms with Gasteiger partial charge in [0.15, 0.2) is 11.3 Å². The van der Waals surface area contributed by atoms with Crippen LogP contribution in [-0.4, -0.2) is 138 Å². The summed E-state index contributed by atoms with van der Waals surface area (Å²) in [4.78, 5) is 139. The van der Waals surface area contributed by atoms with Gasteiger partial charge in [-0.25, -0.2) is 0 Å². The van der Waals surface area contributed by atoms with Crippen LogP contribution in [0.5, 0.6) is 0 Å². The summed E-state index contributed by atoms with van der Waals surface area (Å²) in [6, 6.07) is -0.268. The summed E-state index contributed by atoms with van der Waals surface area (Å²) in [5, 5.41) is 29.0. The van der Waals surface area contributed by atoms with Crippen LogP contribution in [0.1, 0.15) is 120 Å². The van der Waals surface area contributed by atoms with Gasteiger partial charge in [-0.05, 0) is 87.3 Å². The largest absolute Gasteiger partial charge is 0.481 e. The number of guanidine groups is 1. The van der Waals surface area contributed by atoms with Crippen molar-refractivity contribution in [3.8, 4) is 0 Å². The van der Waals surface area contributed by atoms with Gasteiger partial charge >= 0.3 is 5.97 Å². The van der Waals surface area contributed by atoms with E-state index in [-0.39, 0.29) is 62.4 Å². The van der Waals surface area contributed by atoms with Gasteiger partial charge in [-0.1, -0.05) is 98.2 Å². The Morgan fingerprint density at radius 2 is 1.07 bits per heavy atom. The van der Waals surface area contributed by atoms with E-state index < -0.39 is 126 Å². The maximum atomic E-state index is 14.4. The lowest BCUT2D eigenvalue weighted by Crippen LogP contribution is -2.61. The lowest BCUT2D eigenvalue weighted by molar-refractivity contribution is -0.141. The summed E-state index contributed by atoms with van der Waals surface area (Å²) in [5.41, 5.74) is 28.1. The highest BCUT2D eigenvalue weighted by Crippen LogP contribution is 2.23. The van der Waals surface area contributed by atoms with E-state index in [1.54, 1.807) is 65.0 Å². The second kappa shape index (κ2) is 35.7. The number of thioether (sulfide) groups is 1. The number of amides is 9. The minimum Gasteiger partial charge on any atom is -0.481 e. The normalized spacial score (nSPS) is 15.1. The molecular formula is C50H86N14O11S. The van der Waals surface area contributed by atoms with E-state index in [2.05, 4.69) is 47.5 Å². The Morgan fingerprint density at radius 1 is 0.579 bits per heavy atom. The Morgan fingerprint density at radius 3 is 1.58 bits per heavy atom. The van der Waals surface area contributed by atoms with Crippen molar-refractivity contribution in [1.29, 1.82) is 0 Å². The van der Waals surface area contributed by atoms with E-state index in [1.165, 1.54) is 0 Å². The van der Waals surface area contributed by atoms with E-state index >= 15 is 0 Å². The number of carboxylic acids is 1. The zero-order valence-electron chi connectivity index (χ0n) is 45.3. The van der Waals surface area contributed by atoms with Crippen molar-refractivity contribution in [3.63, 3.8) is 0 Å². The maximum absolute atomic E-state index is 14.4. The van der Waals surface area contributed by atoms with Gasteiger partial charge in [0.2, 0.25) is 47.3 Å². The first kappa shape index (κ1) is 67.5. The molecule has 9 amide bonds. The number of nitrogens with two attached hydrogens (primary N) is 5. The van der Waals surface area contributed by atoms with Gasteiger partial charge in [0.05, 0.1) is 19.0 Å². The summed E-state index contributed by atoms with van der Waals surface area (Å²) in [6.45, 7) is 14.2. The van der Waals surface area contributed by atoms with Crippen molar-refractivity contribution in [2.24, 2.45) is 57.3 Å². The van der Waals surface area contributed by atoms with Crippen LogP contribution in [0.3, 0.4) is 0 Å². The van der Waals surface area contributed by atoms with Gasteiger partial charge in [-0.3, -0.25) is 52.9 Å². The third kappa shape index (κ3) is 26.3. The zero-order valence-corrected chi connectivity index (χ0v) is 46.1. The third-order valence-corrected chi connectivity index (χ3v) is 13.3. The van der Waals surface area contributed by atoms with Crippen LogP contribution < -0.4 is 71.2 Å². The fourth-order valence-corrected chi connectivity index (χ4v) is 8.36. The lowest BCUT2D eigenvalue weighted by atomic mass is 9.96. The van der Waals surface area contributed by atoms with Crippen molar-refractivity contribution in [3.05, 3.63) is 30.3 Å². The molecule has 0 heterocycles. The van der Waals surface area contributed by atoms with Gasteiger partial charge in [0.25, 0.3) is 5.91 Å². The van der Waals surface area contributed by atoms with Crippen LogP contribution in [-0.2, 0) is 47.9 Å². The molecule has 19 N–H and O–H groups in total. The molecule has 0 aliphatic rings. The molecule has 0 aliphatic carbocycles. The minimum atomic E-state index is -1.65. The number of primary amides is 1. The summed E-state index contributed by atoms with van der Waals surface area (Å²) >= 11 is 0.925. The molecule has 0 radical (unpaired) electrons. The molecule has 0 aromatic heterocycles. The molecule has 0 unspecified atom stereocenters. The van der Waals surface area contributed by atoms with E-state index in [9.17, 15) is 53.1 Å². The SMILES string of the molecule is CC[C@H](C)[C@H](N)C(=O)N[C@@H](CCCN=C(N)N)C(=O)N[C@@H](CCCCN)C(=O)N[C@H](C(=O)N[C@@H](CC(C)C)C(=O)N[C@@H](Sc1ccccc1)C(=O)N[C@@H](CC(C)C)C(=O)N[C@@H](CC(=O)O)C(=O)NCC(N)=O)[C@@H](C)CC. The molecule has 1 rings (SSSR count). The van der Waals surface area contributed by atoms with Crippen LogP contribution in [0.15, 0.2) is 40.2 Å². The quantitative estimate of drug-likeness (QED) is 0.0124. The van der Waals surface area contributed by atoms with Crippen LogP contribution >= 0.6 is 11.8 Å². The molecule has 0 saturated carbocycles. The average molecular weight is 1090 g/mol. The molecule has 428 valence electrons. The third-order valence-electron chi connectivity index (χ3n) is 12.1. The van der Waals surface area contributed by atoms with Gasteiger partial charge in [-0.15, -0.1) is 0 Å². The number of aliphatic carboxylic acids is 1. The highest BCUT2D eigenvalue weighted by atomic mass is 32.2. The standard InChI is InChI=1S/C50H86N14O11S/c1-9-29(7)39(53)46(73)59-33(20-16-22-56-50(54)55)42(69)58-32(19-14-15-21-51)43(70)63-40(30(8)10-2)47(74)61-35(24-28(5)6)45(72)64-49(76-31-17-12-11-13-18-31)48(75)62-34(23-27(3)4)44(71)60-36(25-38(66)67)41(68)57-26-37(52)65/h11-13,17-18,27-30,32-36,39-40,49H,9-10,14-16,19-26,51,53H2,1-8H3,(H2,52,65)(H,57,68)(H,58,69)(H,59,73)(H,60,71)(H,61,74)(H,62,75)(H,63,70)(H,64,72)(H,66,67)(H4,54,55,56)/t29-,30-,32-,33-,34-,35-,36-,39-,40-,49-/m0/s1. The number of carboxylic acid groups (broad SMARTS) is 1. The highest BCUT2D eigenvalue weighted by molar-refractivity contribution is 8.00. The maximum Gasteiger partial charge on any atom is 0.305 e. The number of nitrogens with one attached hydrogen (secondary N) is 8. The van der Waals surface area contributed by atoms with Crippen LogP contribution in [0.25, 0.3) is 0 Å². The molecule has 26 heteroatoms. The molecular weight excluding hydrogens is 1000 g/mol. The predicted octanol–water partition coefficient (Wildman–Crippen LogP) is -1.10. The van der Waals surface area contributed by atoms with Crippen molar-refractivity contribution in [1.82, 2.24) is 42.5 Å². The minimum absolute atomic E-state index is 0.00812. The molecule has 25 nitrogen and oxygen atoms in total. The van der Waals surface area contributed by atoms with Crippen molar-refractivity contribution >= 4 is 76.9 Å². The lowest BCUT2D eigenvalue weighted by Gasteiger charge is -2.30. The predicted molar refractivity (Wildman–Crippen MR) is 289 cm³/mol. The molecule has 1 aromatic rings. The molecule has 0 bridgehead atoms. The second-order valence-corrected chi connectivity index (χ2v) is 20.9. The molecule has 10 atom stereocenters. The van der Waals surface area contributed by atoms with E-state index in [1.807, 2.05) is 20.8 Å². The number of hydrogen-bond donors (Lipinski definition) is 14. The number of carbonyl (C=O) groups is 10. The van der Waals surface area contributed by atoms with Crippen molar-refractivity contribution < 1.29 is 53.1 Å². The molecule has 76 heavy (non-hydrogen) atoms. The Bertz CT molecular complexity index is 2100. The molecule has 1 aromatic carbocycles. The Kier molecular flexibility index (Phi) is 31.7. The first-order chi connectivity index (χ1) is 35.7. The van der Waals surface area contributed by atoms with Gasteiger partial charge in [0, 0.05) is 11.4 Å². The summed E-state index contributed by atoms with van der Waals surface area (Å²) in [5.74, 6) is -9.91. The Labute approximate surface area is 450 Å². The summed E-state index contributed by atoms with van der Waals surface area (Å²) < 4.78 is 0.